The fourth-order valence-corrected chi connectivity index (χ4v) is 1.61. The Kier molecular flexibility index (Phi) is 10.2. The first-order valence-electron chi connectivity index (χ1n) is 6.67. The van der Waals surface area contributed by atoms with Crippen molar-refractivity contribution in [2.45, 2.75) is 20.3 Å². The zero-order valence-corrected chi connectivity index (χ0v) is 12.3. The number of ketones is 2. The maximum atomic E-state index is 11.8. The maximum absolute atomic E-state index is 11.8. The fraction of sp³-hybridized carbons (Fsp3) is 0.294. The van der Waals surface area contributed by atoms with Crippen LogP contribution in [0.1, 0.15) is 20.3 Å². The lowest BCUT2D eigenvalue weighted by Gasteiger charge is -2.12. The van der Waals surface area contributed by atoms with E-state index in [1.165, 1.54) is 48.6 Å². The first-order valence-corrected chi connectivity index (χ1v) is 6.67. The van der Waals surface area contributed by atoms with E-state index in [4.69, 9.17) is 0 Å². The third-order valence-electron chi connectivity index (χ3n) is 2.80. The Hall–Kier alpha value is -2.36. The van der Waals surface area contributed by atoms with E-state index < -0.39 is 0 Å². The van der Waals surface area contributed by atoms with E-state index in [-0.39, 0.29) is 23.4 Å². The highest BCUT2D eigenvalue weighted by molar-refractivity contribution is 5.94. The Morgan fingerprint density at radius 3 is 1.43 bits per heavy atom. The number of hydrogen-bond acceptors (Lipinski definition) is 4. The van der Waals surface area contributed by atoms with Crippen LogP contribution in [0.3, 0.4) is 0 Å². The van der Waals surface area contributed by atoms with E-state index in [9.17, 15) is 19.2 Å². The summed E-state index contributed by atoms with van der Waals surface area (Å²) in [5.41, 5.74) is 0. The number of carbonyl (C=O) groups excluding carboxylic acids is 4. The lowest BCUT2D eigenvalue weighted by molar-refractivity contribution is -0.120. The minimum atomic E-state index is -0.274. The van der Waals surface area contributed by atoms with Crippen molar-refractivity contribution in [1.82, 2.24) is 0 Å². The van der Waals surface area contributed by atoms with Crippen LogP contribution in [-0.4, -0.2) is 24.1 Å². The molecule has 0 aromatic carbocycles. The normalized spacial score (nSPS) is 15.0. The molecule has 0 N–H and O–H groups in total. The van der Waals surface area contributed by atoms with Crippen molar-refractivity contribution in [3.05, 3.63) is 48.6 Å². The monoisotopic (exact) mass is 288 g/mol. The second-order valence-corrected chi connectivity index (χ2v) is 4.60. The van der Waals surface area contributed by atoms with Crippen molar-refractivity contribution in [3.63, 3.8) is 0 Å². The molecular formula is C17H20O4. The number of hydrogen-bond donors (Lipinski definition) is 0. The van der Waals surface area contributed by atoms with Crippen LogP contribution in [0, 0.1) is 11.8 Å². The topological polar surface area (TPSA) is 68.3 Å². The minimum Gasteiger partial charge on any atom is -0.299 e. The number of rotatable bonds is 10. The van der Waals surface area contributed by atoms with Gasteiger partial charge in [0.15, 0.2) is 11.6 Å². The number of allylic oxidation sites excluding steroid dienone is 8. The van der Waals surface area contributed by atoms with Gasteiger partial charge in [-0.15, -0.1) is 0 Å². The van der Waals surface area contributed by atoms with E-state index >= 15 is 0 Å². The summed E-state index contributed by atoms with van der Waals surface area (Å²) in [6, 6.07) is 0. The Labute approximate surface area is 124 Å². The first kappa shape index (κ1) is 18.6. The molecule has 0 spiro atoms. The van der Waals surface area contributed by atoms with E-state index in [0.717, 1.165) is 0 Å². The molecule has 2 unspecified atom stereocenters. The van der Waals surface area contributed by atoms with Gasteiger partial charge in [0.05, 0.1) is 0 Å². The van der Waals surface area contributed by atoms with Crippen molar-refractivity contribution >= 4 is 24.1 Å². The zero-order chi connectivity index (χ0) is 16.1. The van der Waals surface area contributed by atoms with Gasteiger partial charge in [-0.25, -0.2) is 0 Å². The Balaban J connectivity index is 4.38. The predicted molar refractivity (Wildman–Crippen MR) is 81.6 cm³/mol. The third kappa shape index (κ3) is 9.21. The summed E-state index contributed by atoms with van der Waals surface area (Å²) in [6.45, 7) is 3.52. The van der Waals surface area contributed by atoms with Gasteiger partial charge in [-0.3, -0.25) is 19.2 Å². The van der Waals surface area contributed by atoms with Crippen LogP contribution in [0.5, 0.6) is 0 Å². The second-order valence-electron chi connectivity index (χ2n) is 4.60. The maximum Gasteiger partial charge on any atom is 0.158 e. The molecule has 0 aromatic heterocycles. The van der Waals surface area contributed by atoms with Gasteiger partial charge < -0.3 is 0 Å². The predicted octanol–water partition coefficient (Wildman–Crippen LogP) is 2.41. The zero-order valence-electron chi connectivity index (χ0n) is 12.3. The molecule has 0 fully saturated rings. The largest absolute Gasteiger partial charge is 0.299 e. The number of carbonyl (C=O) groups is 4. The highest BCUT2D eigenvalue weighted by Crippen LogP contribution is 2.15. The van der Waals surface area contributed by atoms with Crippen molar-refractivity contribution < 1.29 is 19.2 Å². The van der Waals surface area contributed by atoms with Gasteiger partial charge in [-0.1, -0.05) is 38.2 Å². The van der Waals surface area contributed by atoms with Crippen LogP contribution in [0.15, 0.2) is 48.6 Å². The molecule has 0 bridgehead atoms. The Bertz CT molecular complexity index is 437. The van der Waals surface area contributed by atoms with E-state index in [2.05, 4.69) is 0 Å². The summed E-state index contributed by atoms with van der Waals surface area (Å²) in [7, 11) is 0. The minimum absolute atomic E-state index is 0.0879. The smallest absolute Gasteiger partial charge is 0.158 e. The van der Waals surface area contributed by atoms with Crippen LogP contribution >= 0.6 is 0 Å². The van der Waals surface area contributed by atoms with Crippen LogP contribution < -0.4 is 0 Å². The molecule has 0 aromatic rings. The summed E-state index contributed by atoms with van der Waals surface area (Å²) in [4.78, 5) is 43.7. The van der Waals surface area contributed by atoms with Gasteiger partial charge in [-0.2, -0.15) is 0 Å². The molecule has 0 saturated heterocycles. The quantitative estimate of drug-likeness (QED) is 0.352. The van der Waals surface area contributed by atoms with Crippen LogP contribution in [0.4, 0.5) is 0 Å². The Morgan fingerprint density at radius 2 is 1.10 bits per heavy atom. The van der Waals surface area contributed by atoms with Crippen molar-refractivity contribution in [2.75, 3.05) is 0 Å². The van der Waals surface area contributed by atoms with Gasteiger partial charge in [0.2, 0.25) is 0 Å². The van der Waals surface area contributed by atoms with Crippen molar-refractivity contribution in [2.24, 2.45) is 11.8 Å². The molecule has 0 radical (unpaired) electrons. The molecule has 2 atom stereocenters. The molecule has 0 aliphatic carbocycles. The molecule has 0 amide bonds. The van der Waals surface area contributed by atoms with Crippen LogP contribution in [0.25, 0.3) is 0 Å². The highest BCUT2D eigenvalue weighted by atomic mass is 16.1. The van der Waals surface area contributed by atoms with E-state index in [1.807, 2.05) is 0 Å². The fourth-order valence-electron chi connectivity index (χ4n) is 1.61. The summed E-state index contributed by atoms with van der Waals surface area (Å²) in [6.07, 6.45) is 13.0. The van der Waals surface area contributed by atoms with E-state index in [1.54, 1.807) is 13.8 Å². The molecule has 0 aliphatic heterocycles. The van der Waals surface area contributed by atoms with Gasteiger partial charge in [0.25, 0.3) is 0 Å². The summed E-state index contributed by atoms with van der Waals surface area (Å²) >= 11 is 0. The molecule has 21 heavy (non-hydrogen) atoms. The standard InChI is InChI=1S/C17H20O4/c1-14(16(20)9-5-3-7-11-18)13-15(2)17(21)10-6-4-8-12-19/h3-12,14-15H,13H2,1-2H3/b7-3-,8-4-,9-5-,10-6-. The molecule has 4 nitrogen and oxygen atoms in total. The lowest BCUT2D eigenvalue weighted by Crippen LogP contribution is -2.17. The molecule has 0 rings (SSSR count). The molecule has 112 valence electrons. The Morgan fingerprint density at radius 1 is 0.714 bits per heavy atom. The molecular weight excluding hydrogens is 268 g/mol. The molecule has 4 heteroatoms. The first-order chi connectivity index (χ1) is 10.0. The van der Waals surface area contributed by atoms with Crippen molar-refractivity contribution in [1.29, 1.82) is 0 Å². The molecule has 0 saturated carbocycles. The lowest BCUT2D eigenvalue weighted by atomic mass is 9.91. The van der Waals surface area contributed by atoms with Gasteiger partial charge >= 0.3 is 0 Å². The summed E-state index contributed by atoms with van der Waals surface area (Å²) in [5, 5.41) is 0. The van der Waals surface area contributed by atoms with Crippen molar-refractivity contribution in [3.8, 4) is 0 Å². The molecule has 0 aliphatic rings. The van der Waals surface area contributed by atoms with Crippen LogP contribution in [-0.2, 0) is 19.2 Å². The highest BCUT2D eigenvalue weighted by Gasteiger charge is 2.17. The number of aldehydes is 2. The van der Waals surface area contributed by atoms with Crippen LogP contribution in [0.2, 0.25) is 0 Å². The third-order valence-corrected chi connectivity index (χ3v) is 2.80. The molecule has 0 heterocycles. The van der Waals surface area contributed by atoms with Gasteiger partial charge in [0, 0.05) is 11.8 Å². The van der Waals surface area contributed by atoms with E-state index in [0.29, 0.717) is 19.0 Å². The average Bonchev–Trinajstić information content (AvgIpc) is 2.47. The van der Waals surface area contributed by atoms with Gasteiger partial charge in [-0.05, 0) is 30.7 Å². The second kappa shape index (κ2) is 11.5. The average molecular weight is 288 g/mol. The summed E-state index contributed by atoms with van der Waals surface area (Å²) in [5.74, 6) is -0.724. The SMILES string of the molecule is CC(CC(C)C(=O)/C=C\C=C/C=O)C(=O)/C=C\C=C/C=O. The van der Waals surface area contributed by atoms with Gasteiger partial charge in [0.1, 0.15) is 12.6 Å². The summed E-state index contributed by atoms with van der Waals surface area (Å²) < 4.78 is 0.